The molecule has 0 saturated carbocycles. The molecule has 23 heavy (non-hydrogen) atoms. The van der Waals surface area contributed by atoms with Crippen molar-refractivity contribution in [2.45, 2.75) is 20.0 Å². The van der Waals surface area contributed by atoms with Gasteiger partial charge in [-0.15, -0.1) is 0 Å². The number of carbonyl (C=O) groups excluding carboxylic acids is 1. The predicted octanol–water partition coefficient (Wildman–Crippen LogP) is 1.60. The highest BCUT2D eigenvalue weighted by molar-refractivity contribution is 5.93. The van der Waals surface area contributed by atoms with Gasteiger partial charge in [-0.3, -0.25) is 14.6 Å². The van der Waals surface area contributed by atoms with Gasteiger partial charge in [0.05, 0.1) is 13.2 Å². The quantitative estimate of drug-likeness (QED) is 0.914. The standard InChI is InChI=1S/C17H19N3O3/c1-11-3-4-14(16(21)19-11)17(22)20-7-8-23-15(10-20)13-5-6-18-12(2)9-13/h3-6,9,15H,7-8,10H2,1-2H3,(H,19,21)/t15-/m1/s1. The summed E-state index contributed by atoms with van der Waals surface area (Å²) in [6.07, 6.45) is 1.54. The molecule has 120 valence electrons. The molecule has 0 spiro atoms. The van der Waals surface area contributed by atoms with Crippen LogP contribution in [0.3, 0.4) is 0 Å². The molecule has 1 atom stereocenters. The van der Waals surface area contributed by atoms with Gasteiger partial charge in [0, 0.05) is 24.1 Å². The van der Waals surface area contributed by atoms with E-state index < -0.39 is 0 Å². The van der Waals surface area contributed by atoms with E-state index in [1.807, 2.05) is 19.1 Å². The summed E-state index contributed by atoms with van der Waals surface area (Å²) in [6.45, 7) is 5.05. The molecule has 3 heterocycles. The van der Waals surface area contributed by atoms with Crippen molar-refractivity contribution in [1.29, 1.82) is 0 Å². The number of rotatable bonds is 2. The number of aromatic amines is 1. The van der Waals surface area contributed by atoms with Crippen molar-refractivity contribution in [3.63, 3.8) is 0 Å². The van der Waals surface area contributed by atoms with Gasteiger partial charge in [-0.25, -0.2) is 0 Å². The van der Waals surface area contributed by atoms with Crippen LogP contribution in [-0.2, 0) is 4.74 Å². The van der Waals surface area contributed by atoms with Crippen LogP contribution in [0.1, 0.15) is 33.4 Å². The first-order chi connectivity index (χ1) is 11.0. The van der Waals surface area contributed by atoms with Gasteiger partial charge >= 0.3 is 0 Å². The average molecular weight is 313 g/mol. The fourth-order valence-corrected chi connectivity index (χ4v) is 2.71. The van der Waals surface area contributed by atoms with Crippen LogP contribution in [-0.4, -0.2) is 40.5 Å². The summed E-state index contributed by atoms with van der Waals surface area (Å²) < 4.78 is 5.78. The second kappa shape index (κ2) is 6.34. The minimum atomic E-state index is -0.349. The van der Waals surface area contributed by atoms with Crippen molar-refractivity contribution in [2.24, 2.45) is 0 Å². The van der Waals surface area contributed by atoms with E-state index in [0.29, 0.717) is 19.7 Å². The van der Waals surface area contributed by atoms with Crippen LogP contribution in [0.15, 0.2) is 35.3 Å². The minimum Gasteiger partial charge on any atom is -0.370 e. The Hall–Kier alpha value is -2.47. The number of pyridine rings is 2. The lowest BCUT2D eigenvalue weighted by atomic mass is 10.1. The van der Waals surface area contributed by atoms with Crippen molar-refractivity contribution in [1.82, 2.24) is 14.9 Å². The number of hydrogen-bond acceptors (Lipinski definition) is 4. The number of carbonyl (C=O) groups is 1. The topological polar surface area (TPSA) is 75.3 Å². The third-order valence-corrected chi connectivity index (χ3v) is 3.93. The van der Waals surface area contributed by atoms with Crippen molar-refractivity contribution >= 4 is 5.91 Å². The van der Waals surface area contributed by atoms with Gasteiger partial charge in [-0.1, -0.05) is 0 Å². The number of H-pyrrole nitrogens is 1. The fourth-order valence-electron chi connectivity index (χ4n) is 2.71. The normalized spacial score (nSPS) is 18.0. The molecule has 1 saturated heterocycles. The Morgan fingerprint density at radius 3 is 2.91 bits per heavy atom. The summed E-state index contributed by atoms with van der Waals surface area (Å²) in [4.78, 5) is 33.1. The molecule has 1 amide bonds. The smallest absolute Gasteiger partial charge is 0.260 e. The molecule has 0 aromatic carbocycles. The lowest BCUT2D eigenvalue weighted by Gasteiger charge is -2.33. The summed E-state index contributed by atoms with van der Waals surface area (Å²) in [5.74, 6) is -0.259. The molecule has 6 heteroatoms. The molecule has 2 aromatic rings. The van der Waals surface area contributed by atoms with E-state index in [0.717, 1.165) is 17.0 Å². The van der Waals surface area contributed by atoms with Crippen LogP contribution in [0.2, 0.25) is 0 Å². The molecule has 0 radical (unpaired) electrons. The van der Waals surface area contributed by atoms with Crippen molar-refractivity contribution in [3.05, 3.63) is 63.3 Å². The van der Waals surface area contributed by atoms with E-state index in [1.165, 1.54) is 0 Å². The zero-order valence-corrected chi connectivity index (χ0v) is 13.2. The highest BCUT2D eigenvalue weighted by Crippen LogP contribution is 2.23. The van der Waals surface area contributed by atoms with E-state index in [2.05, 4.69) is 9.97 Å². The van der Waals surface area contributed by atoms with Gasteiger partial charge in [0.25, 0.3) is 11.5 Å². The van der Waals surface area contributed by atoms with E-state index in [4.69, 9.17) is 4.74 Å². The molecule has 1 N–H and O–H groups in total. The summed E-state index contributed by atoms with van der Waals surface area (Å²) in [5.41, 5.74) is 2.45. The van der Waals surface area contributed by atoms with E-state index >= 15 is 0 Å². The molecule has 3 rings (SSSR count). The number of amides is 1. The SMILES string of the molecule is Cc1cc([C@H]2CN(C(=O)c3ccc(C)[nH]c3=O)CCO2)ccn1. The first-order valence-corrected chi connectivity index (χ1v) is 7.58. The zero-order valence-electron chi connectivity index (χ0n) is 13.2. The first kappa shape index (κ1) is 15.4. The maximum atomic E-state index is 12.6. The highest BCUT2D eigenvalue weighted by atomic mass is 16.5. The largest absolute Gasteiger partial charge is 0.370 e. The van der Waals surface area contributed by atoms with Gasteiger partial charge in [-0.2, -0.15) is 0 Å². The number of hydrogen-bond donors (Lipinski definition) is 1. The van der Waals surface area contributed by atoms with Gasteiger partial charge in [0.15, 0.2) is 0 Å². The Kier molecular flexibility index (Phi) is 4.25. The number of nitrogens with zero attached hydrogens (tertiary/aromatic N) is 2. The Morgan fingerprint density at radius 1 is 1.35 bits per heavy atom. The van der Waals surface area contributed by atoms with Crippen LogP contribution in [0.4, 0.5) is 0 Å². The maximum Gasteiger partial charge on any atom is 0.260 e. The molecule has 2 aromatic heterocycles. The Morgan fingerprint density at radius 2 is 2.17 bits per heavy atom. The monoisotopic (exact) mass is 313 g/mol. The van der Waals surface area contributed by atoms with Crippen molar-refractivity contribution in [2.75, 3.05) is 19.7 Å². The van der Waals surface area contributed by atoms with E-state index in [9.17, 15) is 9.59 Å². The molecule has 1 aliphatic heterocycles. The van der Waals surface area contributed by atoms with Gasteiger partial charge < -0.3 is 14.6 Å². The number of morpholine rings is 1. The molecule has 1 fully saturated rings. The minimum absolute atomic E-state index is 0.169. The lowest BCUT2D eigenvalue weighted by Crippen LogP contribution is -2.43. The summed E-state index contributed by atoms with van der Waals surface area (Å²) in [5, 5.41) is 0. The molecule has 0 aliphatic carbocycles. The Bertz CT molecular complexity index is 785. The van der Waals surface area contributed by atoms with E-state index in [-0.39, 0.29) is 23.1 Å². The molecule has 1 aliphatic rings. The summed E-state index contributed by atoms with van der Waals surface area (Å²) in [7, 11) is 0. The number of aromatic nitrogens is 2. The second-order valence-corrected chi connectivity index (χ2v) is 5.73. The van der Waals surface area contributed by atoms with Gasteiger partial charge in [0.1, 0.15) is 11.7 Å². The maximum absolute atomic E-state index is 12.6. The number of ether oxygens (including phenoxy) is 1. The van der Waals surface area contributed by atoms with Crippen LogP contribution in [0, 0.1) is 13.8 Å². The van der Waals surface area contributed by atoms with Crippen LogP contribution in [0.25, 0.3) is 0 Å². The van der Waals surface area contributed by atoms with Gasteiger partial charge in [0.2, 0.25) is 0 Å². The Balaban J connectivity index is 1.80. The Labute approximate surface area is 134 Å². The van der Waals surface area contributed by atoms with E-state index in [1.54, 1.807) is 30.2 Å². The molecular formula is C17H19N3O3. The summed E-state index contributed by atoms with van der Waals surface area (Å²) in [6, 6.07) is 7.16. The molecule has 6 nitrogen and oxygen atoms in total. The number of nitrogens with one attached hydrogen (secondary N) is 1. The molecule has 0 bridgehead atoms. The lowest BCUT2D eigenvalue weighted by molar-refractivity contribution is -0.0229. The third-order valence-electron chi connectivity index (χ3n) is 3.93. The second-order valence-electron chi connectivity index (χ2n) is 5.73. The predicted molar refractivity (Wildman–Crippen MR) is 85.4 cm³/mol. The van der Waals surface area contributed by atoms with Crippen LogP contribution in [0.5, 0.6) is 0 Å². The van der Waals surface area contributed by atoms with Crippen LogP contribution < -0.4 is 5.56 Å². The highest BCUT2D eigenvalue weighted by Gasteiger charge is 2.27. The molecular weight excluding hydrogens is 294 g/mol. The number of aryl methyl sites for hydroxylation is 2. The van der Waals surface area contributed by atoms with Crippen molar-refractivity contribution < 1.29 is 9.53 Å². The third kappa shape index (κ3) is 3.32. The average Bonchev–Trinajstić information content (AvgIpc) is 2.54. The van der Waals surface area contributed by atoms with Crippen LogP contribution >= 0.6 is 0 Å². The fraction of sp³-hybridized carbons (Fsp3) is 0.353. The molecule has 0 unspecified atom stereocenters. The zero-order chi connectivity index (χ0) is 16.4. The van der Waals surface area contributed by atoms with Gasteiger partial charge in [-0.05, 0) is 43.7 Å². The van der Waals surface area contributed by atoms with Crippen molar-refractivity contribution in [3.8, 4) is 0 Å². The first-order valence-electron chi connectivity index (χ1n) is 7.58. The summed E-state index contributed by atoms with van der Waals surface area (Å²) >= 11 is 0.